The first-order chi connectivity index (χ1) is 18.5. The molecule has 2 fully saturated rings. The zero-order valence-corrected chi connectivity index (χ0v) is 22.0. The van der Waals surface area contributed by atoms with Gasteiger partial charge in [0.2, 0.25) is 0 Å². The van der Waals surface area contributed by atoms with Crippen LogP contribution in [-0.2, 0) is 4.74 Å². The number of likely N-dealkylation sites (tertiary alicyclic amines) is 1. The van der Waals surface area contributed by atoms with Gasteiger partial charge in [-0.15, -0.1) is 0 Å². The highest BCUT2D eigenvalue weighted by Gasteiger charge is 2.28. The number of nitrogens with two attached hydrogens (primary N) is 1. The molecule has 0 bridgehead atoms. The lowest BCUT2D eigenvalue weighted by molar-refractivity contribution is 0.0901. The van der Waals surface area contributed by atoms with E-state index in [1.54, 1.807) is 18.2 Å². The van der Waals surface area contributed by atoms with Crippen molar-refractivity contribution in [3.05, 3.63) is 95.1 Å². The number of carbonyl (C=O) groups excluding carboxylic acids is 1. The van der Waals surface area contributed by atoms with Crippen molar-refractivity contribution in [1.29, 1.82) is 5.41 Å². The Labute approximate surface area is 225 Å². The van der Waals surface area contributed by atoms with Crippen LogP contribution in [0.5, 0.6) is 0 Å². The van der Waals surface area contributed by atoms with Gasteiger partial charge in [0, 0.05) is 41.2 Å². The number of anilines is 2. The third-order valence-corrected chi connectivity index (χ3v) is 7.80. The van der Waals surface area contributed by atoms with E-state index >= 15 is 0 Å². The summed E-state index contributed by atoms with van der Waals surface area (Å²) >= 11 is 0. The molecule has 1 amide bonds. The molecule has 3 aromatic carbocycles. The summed E-state index contributed by atoms with van der Waals surface area (Å²) in [4.78, 5) is 18.1. The van der Waals surface area contributed by atoms with Crippen LogP contribution in [0.4, 0.5) is 11.4 Å². The molecule has 198 valence electrons. The summed E-state index contributed by atoms with van der Waals surface area (Å²) < 4.78 is 5.45. The van der Waals surface area contributed by atoms with Gasteiger partial charge in [-0.2, -0.15) is 0 Å². The maximum Gasteiger partial charge on any atom is 0.251 e. The fourth-order valence-electron chi connectivity index (χ4n) is 5.45. The first kappa shape index (κ1) is 25.9. The molecule has 0 saturated carbocycles. The largest absolute Gasteiger partial charge is 0.398 e. The Kier molecular flexibility index (Phi) is 8.05. The second kappa shape index (κ2) is 11.8. The molecule has 3 aromatic rings. The summed E-state index contributed by atoms with van der Waals surface area (Å²) in [5.74, 6) is 0.226. The van der Waals surface area contributed by atoms with E-state index < -0.39 is 0 Å². The van der Waals surface area contributed by atoms with E-state index in [-0.39, 0.29) is 11.9 Å². The van der Waals surface area contributed by atoms with E-state index in [0.717, 1.165) is 69.0 Å². The van der Waals surface area contributed by atoms with Gasteiger partial charge < -0.3 is 25.6 Å². The van der Waals surface area contributed by atoms with Gasteiger partial charge in [-0.1, -0.05) is 42.5 Å². The smallest absolute Gasteiger partial charge is 0.251 e. The zero-order chi connectivity index (χ0) is 26.5. The number of hydrogen-bond acceptors (Lipinski definition) is 6. The molecule has 4 N–H and O–H groups in total. The Bertz CT molecular complexity index is 1250. The van der Waals surface area contributed by atoms with Gasteiger partial charge in [-0.3, -0.25) is 10.2 Å². The molecule has 2 aliphatic heterocycles. The van der Waals surface area contributed by atoms with Crippen molar-refractivity contribution in [2.45, 2.75) is 18.9 Å². The summed E-state index contributed by atoms with van der Waals surface area (Å²) in [7, 11) is 2.15. The van der Waals surface area contributed by atoms with E-state index in [9.17, 15) is 4.79 Å². The van der Waals surface area contributed by atoms with Crippen LogP contribution in [0, 0.1) is 11.3 Å². The van der Waals surface area contributed by atoms with Crippen LogP contribution in [0.25, 0.3) is 0 Å². The van der Waals surface area contributed by atoms with E-state index in [0.29, 0.717) is 28.4 Å². The van der Waals surface area contributed by atoms with E-state index in [2.05, 4.69) is 34.3 Å². The number of carbonyl (C=O) groups is 1. The van der Waals surface area contributed by atoms with E-state index in [4.69, 9.17) is 15.9 Å². The monoisotopic (exact) mass is 511 g/mol. The lowest BCUT2D eigenvalue weighted by atomic mass is 9.85. The third-order valence-electron chi connectivity index (χ3n) is 7.80. The van der Waals surface area contributed by atoms with Gasteiger partial charge in [-0.05, 0) is 74.8 Å². The molecule has 5 rings (SSSR count). The van der Waals surface area contributed by atoms with Crippen LogP contribution in [0.3, 0.4) is 0 Å². The molecule has 7 nitrogen and oxygen atoms in total. The minimum Gasteiger partial charge on any atom is -0.398 e. The summed E-state index contributed by atoms with van der Waals surface area (Å²) in [6.45, 7) is 5.23. The molecule has 0 radical (unpaired) electrons. The molecule has 2 heterocycles. The predicted octanol–water partition coefficient (Wildman–Crippen LogP) is 4.33. The van der Waals surface area contributed by atoms with Crippen LogP contribution in [0.2, 0.25) is 0 Å². The molecule has 0 aromatic heterocycles. The molecule has 0 spiro atoms. The SMILES string of the molecule is CN1CCC(C(NC(=O)c2ccc(N)c(C(=N)c3ccc(N4CCOCC4)cc3)c2)c2ccccc2)CC1. The average Bonchev–Trinajstić information content (AvgIpc) is 2.97. The summed E-state index contributed by atoms with van der Waals surface area (Å²) in [6.07, 6.45) is 2.07. The van der Waals surface area contributed by atoms with Crippen LogP contribution in [0.1, 0.15) is 45.9 Å². The Balaban J connectivity index is 1.34. The molecule has 0 aliphatic carbocycles. The topological polar surface area (TPSA) is 94.7 Å². The maximum absolute atomic E-state index is 13.5. The highest BCUT2D eigenvalue weighted by molar-refractivity contribution is 6.15. The van der Waals surface area contributed by atoms with Crippen molar-refractivity contribution in [2.75, 3.05) is 57.1 Å². The van der Waals surface area contributed by atoms with Crippen molar-refractivity contribution in [3.8, 4) is 0 Å². The first-order valence-corrected chi connectivity index (χ1v) is 13.5. The lowest BCUT2D eigenvalue weighted by Crippen LogP contribution is -2.39. The molecule has 7 heteroatoms. The molecule has 1 unspecified atom stereocenters. The number of benzene rings is 3. The number of hydrogen-bond donors (Lipinski definition) is 3. The second-order valence-corrected chi connectivity index (χ2v) is 10.3. The lowest BCUT2D eigenvalue weighted by Gasteiger charge is -2.35. The van der Waals surface area contributed by atoms with Crippen LogP contribution in [-0.4, -0.2) is 63.0 Å². The molecule has 2 aliphatic rings. The van der Waals surface area contributed by atoms with Gasteiger partial charge in [0.25, 0.3) is 5.91 Å². The van der Waals surface area contributed by atoms with Gasteiger partial charge in [-0.25, -0.2) is 0 Å². The van der Waals surface area contributed by atoms with Gasteiger partial charge in [0.15, 0.2) is 0 Å². The number of ether oxygens (including phenoxy) is 1. The van der Waals surface area contributed by atoms with Crippen molar-refractivity contribution < 1.29 is 9.53 Å². The van der Waals surface area contributed by atoms with Gasteiger partial charge in [0.1, 0.15) is 0 Å². The summed E-state index contributed by atoms with van der Waals surface area (Å²) in [6, 6.07) is 23.4. The second-order valence-electron chi connectivity index (χ2n) is 10.3. The van der Waals surface area contributed by atoms with E-state index in [1.165, 1.54) is 0 Å². The highest BCUT2D eigenvalue weighted by Crippen LogP contribution is 2.31. The van der Waals surface area contributed by atoms with Crippen LogP contribution >= 0.6 is 0 Å². The predicted molar refractivity (Wildman–Crippen MR) is 153 cm³/mol. The highest BCUT2D eigenvalue weighted by atomic mass is 16.5. The zero-order valence-electron chi connectivity index (χ0n) is 22.0. The van der Waals surface area contributed by atoms with Crippen LogP contribution < -0.4 is 16.0 Å². The number of nitrogens with one attached hydrogen (secondary N) is 2. The molecule has 2 saturated heterocycles. The molecule has 1 atom stereocenters. The van der Waals surface area contributed by atoms with Crippen molar-refractivity contribution in [2.24, 2.45) is 5.92 Å². The van der Waals surface area contributed by atoms with Crippen molar-refractivity contribution in [1.82, 2.24) is 10.2 Å². The number of rotatable bonds is 7. The Morgan fingerprint density at radius 2 is 1.61 bits per heavy atom. The minimum atomic E-state index is -0.144. The molecular weight excluding hydrogens is 474 g/mol. The summed E-state index contributed by atoms with van der Waals surface area (Å²) in [5.41, 5.74) is 11.2. The minimum absolute atomic E-state index is 0.0643. The number of nitrogen functional groups attached to an aromatic ring is 1. The van der Waals surface area contributed by atoms with Crippen LogP contribution in [0.15, 0.2) is 72.8 Å². The Morgan fingerprint density at radius 1 is 0.947 bits per heavy atom. The van der Waals surface area contributed by atoms with Crippen molar-refractivity contribution in [3.63, 3.8) is 0 Å². The van der Waals surface area contributed by atoms with Crippen molar-refractivity contribution >= 4 is 23.0 Å². The maximum atomic E-state index is 13.5. The number of piperidine rings is 1. The van der Waals surface area contributed by atoms with Gasteiger partial charge >= 0.3 is 0 Å². The Morgan fingerprint density at radius 3 is 2.29 bits per heavy atom. The third kappa shape index (κ3) is 5.90. The average molecular weight is 512 g/mol. The standard InChI is InChI=1S/C31H37N5O2/c1-35-15-13-24(14-16-35)30(23-5-3-2-4-6-23)34-31(37)25-9-12-28(32)27(21-25)29(33)22-7-10-26(11-8-22)36-17-19-38-20-18-36/h2-12,21,24,30,33H,13-20,32H2,1H3,(H,34,37). The normalized spacial score (nSPS) is 17.7. The fourth-order valence-corrected chi connectivity index (χ4v) is 5.45. The Hall–Kier alpha value is -3.68. The summed E-state index contributed by atoms with van der Waals surface area (Å²) in [5, 5.41) is 12.2. The fraction of sp³-hybridized carbons (Fsp3) is 0.355. The molecule has 38 heavy (non-hydrogen) atoms. The molecular formula is C31H37N5O2. The number of amides is 1. The number of nitrogens with zero attached hydrogens (tertiary/aromatic N) is 2. The first-order valence-electron chi connectivity index (χ1n) is 13.5. The number of morpholine rings is 1. The van der Waals surface area contributed by atoms with E-state index in [1.807, 2.05) is 42.5 Å². The quantitative estimate of drug-likeness (QED) is 0.324. The van der Waals surface area contributed by atoms with Gasteiger partial charge in [0.05, 0.1) is 25.0 Å².